The van der Waals surface area contributed by atoms with E-state index < -0.39 is 53.0 Å². The molecule has 0 bridgehead atoms. The first-order valence-electron chi connectivity index (χ1n) is 8.28. The van der Waals surface area contributed by atoms with E-state index in [0.29, 0.717) is 5.56 Å². The van der Waals surface area contributed by atoms with Crippen LogP contribution in [0, 0.1) is 0 Å². The number of methoxy groups -OCH3 is 1. The van der Waals surface area contributed by atoms with Gasteiger partial charge in [-0.1, -0.05) is 0 Å². The van der Waals surface area contributed by atoms with Crippen molar-refractivity contribution in [2.45, 2.75) is 31.7 Å². The van der Waals surface area contributed by atoms with Crippen LogP contribution in [0.5, 0.6) is 34.5 Å². The maximum atomic E-state index is 10.4. The van der Waals surface area contributed by atoms with Crippen LogP contribution in [0.4, 0.5) is 0 Å². The van der Waals surface area contributed by atoms with Crippen molar-refractivity contribution < 1.29 is 50.0 Å². The van der Waals surface area contributed by atoms with Gasteiger partial charge in [0.15, 0.2) is 29.3 Å². The Kier molecular flexibility index (Phi) is 4.16. The van der Waals surface area contributed by atoms with E-state index in [1.54, 1.807) is 0 Å². The number of hydrogen-bond acceptors (Lipinski definition) is 10. The molecule has 0 saturated heterocycles. The molecule has 0 aromatic heterocycles. The van der Waals surface area contributed by atoms with Gasteiger partial charge < -0.3 is 50.0 Å². The average molecular weight is 394 g/mol. The zero-order valence-electron chi connectivity index (χ0n) is 14.6. The predicted octanol–water partition coefficient (Wildman–Crippen LogP) is 1.40. The number of benzene rings is 2. The molecule has 2 aliphatic heterocycles. The van der Waals surface area contributed by atoms with E-state index in [-0.39, 0.29) is 35.5 Å². The van der Waals surface area contributed by atoms with Gasteiger partial charge in [0.1, 0.15) is 12.2 Å². The van der Waals surface area contributed by atoms with Crippen molar-refractivity contribution >= 4 is 0 Å². The molecule has 7 N–H and O–H groups in total. The molecule has 0 radical (unpaired) electrons. The summed E-state index contributed by atoms with van der Waals surface area (Å²) in [7, 11) is 1.39. The second-order valence-corrected chi connectivity index (χ2v) is 6.59. The van der Waals surface area contributed by atoms with Gasteiger partial charge in [0.2, 0.25) is 11.5 Å². The molecule has 10 nitrogen and oxygen atoms in total. The fourth-order valence-corrected chi connectivity index (χ4v) is 3.78. The highest BCUT2D eigenvalue weighted by molar-refractivity contribution is 5.65. The predicted molar refractivity (Wildman–Crippen MR) is 89.9 cm³/mol. The Labute approximate surface area is 158 Å². The maximum absolute atomic E-state index is 10.4. The summed E-state index contributed by atoms with van der Waals surface area (Å²) in [6.45, 7) is -0.140. The number of ether oxygens (including phenoxy) is 3. The van der Waals surface area contributed by atoms with E-state index in [1.807, 2.05) is 0 Å². The zero-order chi connectivity index (χ0) is 20.3. The molecule has 4 rings (SSSR count). The lowest BCUT2D eigenvalue weighted by Crippen LogP contribution is -2.11. The number of phenolic OH excluding ortho intramolecular Hbond substituents is 6. The minimum absolute atomic E-state index is 0.0226. The topological polar surface area (TPSA) is 169 Å². The summed E-state index contributed by atoms with van der Waals surface area (Å²) in [5, 5.41) is 70.6. The largest absolute Gasteiger partial charge is 0.504 e. The minimum Gasteiger partial charge on any atom is -0.504 e. The lowest BCUT2D eigenvalue weighted by molar-refractivity contribution is -0.161. The lowest BCUT2D eigenvalue weighted by atomic mass is 9.91. The third kappa shape index (κ3) is 2.36. The molecule has 2 aromatic rings. The van der Waals surface area contributed by atoms with Crippen LogP contribution in [-0.2, 0) is 27.4 Å². The molecule has 28 heavy (non-hydrogen) atoms. The molecule has 10 heteroatoms. The molecule has 0 fully saturated rings. The monoisotopic (exact) mass is 394 g/mol. The van der Waals surface area contributed by atoms with Crippen LogP contribution in [0.25, 0.3) is 0 Å². The summed E-state index contributed by atoms with van der Waals surface area (Å²) in [6.07, 6.45) is -3.80. The number of aromatic hydroxyl groups is 6. The highest BCUT2D eigenvalue weighted by atomic mass is 16.6. The Hall–Kier alpha value is -2.92. The van der Waals surface area contributed by atoms with E-state index >= 15 is 0 Å². The SMILES string of the molecule is COCc1c(O)c(O)c(O)c2c1CO[C@H]2[C@H]1O[C@@H](O)c2cc(O)c(O)c(O)c21. The third-order valence-corrected chi connectivity index (χ3v) is 5.09. The number of aliphatic hydroxyl groups is 1. The quantitative estimate of drug-likeness (QED) is 0.378. The standard InChI is InChI=1S/C18H18O10/c1-26-3-7-6-4-27-16(10(6)14(23)15(24)11(7)20)17-9-5(18(25)28-17)2-8(19)12(21)13(9)22/h2,16-25H,3-4H2,1H3/t16-,17+,18-/m1/s1. The van der Waals surface area contributed by atoms with Crippen LogP contribution in [0.3, 0.4) is 0 Å². The third-order valence-electron chi connectivity index (χ3n) is 5.09. The molecule has 0 unspecified atom stereocenters. The second-order valence-electron chi connectivity index (χ2n) is 6.59. The average Bonchev–Trinajstić information content (AvgIpc) is 3.23. The molecule has 0 amide bonds. The molecule has 150 valence electrons. The van der Waals surface area contributed by atoms with E-state index in [9.17, 15) is 35.7 Å². The second kappa shape index (κ2) is 6.31. The number of aliphatic hydroxyl groups excluding tert-OH is 1. The van der Waals surface area contributed by atoms with Crippen LogP contribution in [0.1, 0.15) is 46.3 Å². The van der Waals surface area contributed by atoms with Crippen molar-refractivity contribution in [3.63, 3.8) is 0 Å². The molecule has 0 aliphatic carbocycles. The van der Waals surface area contributed by atoms with Gasteiger partial charge in [-0.2, -0.15) is 0 Å². The molecular weight excluding hydrogens is 376 g/mol. The van der Waals surface area contributed by atoms with Gasteiger partial charge in [-0.25, -0.2) is 0 Å². The van der Waals surface area contributed by atoms with Gasteiger partial charge in [0.25, 0.3) is 0 Å². The first-order chi connectivity index (χ1) is 13.3. The fraction of sp³-hybridized carbons (Fsp3) is 0.333. The molecular formula is C18H18O10. The summed E-state index contributed by atoms with van der Waals surface area (Å²) in [6, 6.07) is 1.05. The Balaban J connectivity index is 1.88. The smallest absolute Gasteiger partial charge is 0.201 e. The molecule has 2 aromatic carbocycles. The van der Waals surface area contributed by atoms with Crippen molar-refractivity contribution in [2.24, 2.45) is 0 Å². The molecule has 0 spiro atoms. The summed E-state index contributed by atoms with van der Waals surface area (Å²) in [5.41, 5.74) is 0.676. The van der Waals surface area contributed by atoms with E-state index in [1.165, 1.54) is 7.11 Å². The molecule has 0 saturated carbocycles. The number of phenols is 6. The van der Waals surface area contributed by atoms with Gasteiger partial charge in [0, 0.05) is 29.4 Å². The van der Waals surface area contributed by atoms with Crippen molar-refractivity contribution in [2.75, 3.05) is 7.11 Å². The Morgan fingerprint density at radius 3 is 2.29 bits per heavy atom. The normalized spacial score (nSPS) is 23.0. The Morgan fingerprint density at radius 1 is 0.929 bits per heavy atom. The summed E-state index contributed by atoms with van der Waals surface area (Å²) in [4.78, 5) is 0. The van der Waals surface area contributed by atoms with Crippen LogP contribution < -0.4 is 0 Å². The van der Waals surface area contributed by atoms with Crippen molar-refractivity contribution in [1.82, 2.24) is 0 Å². The summed E-state index contributed by atoms with van der Waals surface area (Å²) < 4.78 is 16.2. The Morgan fingerprint density at radius 2 is 1.61 bits per heavy atom. The van der Waals surface area contributed by atoms with Crippen LogP contribution in [0.2, 0.25) is 0 Å². The number of hydrogen-bond donors (Lipinski definition) is 7. The first kappa shape index (κ1) is 18.4. The van der Waals surface area contributed by atoms with Crippen molar-refractivity contribution in [1.29, 1.82) is 0 Å². The van der Waals surface area contributed by atoms with Gasteiger partial charge >= 0.3 is 0 Å². The molecule has 2 aliphatic rings. The maximum Gasteiger partial charge on any atom is 0.201 e. The summed E-state index contributed by atoms with van der Waals surface area (Å²) >= 11 is 0. The van der Waals surface area contributed by atoms with Crippen LogP contribution in [0.15, 0.2) is 6.07 Å². The van der Waals surface area contributed by atoms with Crippen molar-refractivity contribution in [3.8, 4) is 34.5 Å². The minimum atomic E-state index is -1.53. The highest BCUT2D eigenvalue weighted by Crippen LogP contribution is 2.59. The van der Waals surface area contributed by atoms with Crippen molar-refractivity contribution in [3.05, 3.63) is 33.9 Å². The van der Waals surface area contributed by atoms with E-state index in [2.05, 4.69) is 0 Å². The Bertz CT molecular complexity index is 970. The zero-order valence-corrected chi connectivity index (χ0v) is 14.6. The lowest BCUT2D eigenvalue weighted by Gasteiger charge is -2.22. The molecule has 2 heterocycles. The van der Waals surface area contributed by atoms with E-state index in [0.717, 1.165) is 6.07 Å². The first-order valence-corrected chi connectivity index (χ1v) is 8.28. The number of rotatable bonds is 3. The van der Waals surface area contributed by atoms with Crippen LogP contribution in [-0.4, -0.2) is 42.9 Å². The fourth-order valence-electron chi connectivity index (χ4n) is 3.78. The molecule has 3 atom stereocenters. The highest BCUT2D eigenvalue weighted by Gasteiger charge is 2.46. The van der Waals surface area contributed by atoms with Gasteiger partial charge in [-0.15, -0.1) is 0 Å². The van der Waals surface area contributed by atoms with Gasteiger partial charge in [0.05, 0.1) is 13.2 Å². The van der Waals surface area contributed by atoms with Gasteiger partial charge in [-0.3, -0.25) is 0 Å². The van der Waals surface area contributed by atoms with Crippen LogP contribution >= 0.6 is 0 Å². The number of fused-ring (bicyclic) bond motifs is 2. The van der Waals surface area contributed by atoms with Gasteiger partial charge in [-0.05, 0) is 11.6 Å². The summed E-state index contributed by atoms with van der Waals surface area (Å²) in [5.74, 6) is -4.08. The van der Waals surface area contributed by atoms with E-state index in [4.69, 9.17) is 14.2 Å².